The summed E-state index contributed by atoms with van der Waals surface area (Å²) in [6, 6.07) is 16.2. The molecule has 0 fully saturated rings. The van der Waals surface area contributed by atoms with Crippen LogP contribution >= 0.6 is 0 Å². The Balaban J connectivity index is 1.78. The predicted octanol–water partition coefficient (Wildman–Crippen LogP) is 4.34. The maximum Gasteiger partial charge on any atom is 0.119 e. The number of methoxy groups -OCH3 is 1. The molecule has 0 spiro atoms. The van der Waals surface area contributed by atoms with Crippen LogP contribution in [0.5, 0.6) is 11.5 Å². The number of nitrogens with one attached hydrogen (secondary N) is 1. The van der Waals surface area contributed by atoms with Crippen molar-refractivity contribution in [1.29, 1.82) is 0 Å². The molecule has 4 nitrogen and oxygen atoms in total. The summed E-state index contributed by atoms with van der Waals surface area (Å²) in [5.41, 5.74) is 2.48. The van der Waals surface area contributed by atoms with E-state index in [1.54, 1.807) is 7.11 Å². The molecule has 0 bridgehead atoms. The zero-order valence-electron chi connectivity index (χ0n) is 18.1. The average molecular weight is 386 g/mol. The van der Waals surface area contributed by atoms with Crippen LogP contribution in [0, 0.1) is 0 Å². The first kappa shape index (κ1) is 22.3. The number of ether oxygens (including phenoxy) is 2. The van der Waals surface area contributed by atoms with Crippen LogP contribution in [0.2, 0.25) is 0 Å². The molecule has 0 aliphatic heterocycles. The van der Waals surface area contributed by atoms with Crippen molar-refractivity contribution in [1.82, 2.24) is 5.32 Å². The van der Waals surface area contributed by atoms with Gasteiger partial charge in [-0.05, 0) is 61.1 Å². The summed E-state index contributed by atoms with van der Waals surface area (Å²) in [6.07, 6.45) is 0.288. The van der Waals surface area contributed by atoms with E-state index in [9.17, 15) is 5.11 Å². The molecule has 0 saturated heterocycles. The van der Waals surface area contributed by atoms with Gasteiger partial charge in [-0.1, -0.05) is 45.0 Å². The minimum Gasteiger partial charge on any atom is -0.497 e. The Morgan fingerprint density at radius 1 is 0.893 bits per heavy atom. The molecule has 2 aromatic rings. The number of aliphatic hydroxyl groups excluding tert-OH is 1. The lowest BCUT2D eigenvalue weighted by atomic mass is 9.87. The fourth-order valence-corrected chi connectivity index (χ4v) is 3.01. The van der Waals surface area contributed by atoms with Crippen molar-refractivity contribution in [2.24, 2.45) is 0 Å². The number of benzene rings is 2. The molecule has 0 aliphatic rings. The van der Waals surface area contributed by atoms with Gasteiger partial charge in [0.15, 0.2) is 0 Å². The molecule has 0 amide bonds. The molecule has 1 atom stereocenters. The van der Waals surface area contributed by atoms with E-state index in [2.05, 4.69) is 64.2 Å². The summed E-state index contributed by atoms with van der Waals surface area (Å²) in [5, 5.41) is 13.7. The fourth-order valence-electron chi connectivity index (χ4n) is 3.01. The van der Waals surface area contributed by atoms with Crippen molar-refractivity contribution in [3.63, 3.8) is 0 Å². The Bertz CT molecular complexity index is 715. The van der Waals surface area contributed by atoms with E-state index in [-0.39, 0.29) is 17.6 Å². The lowest BCUT2D eigenvalue weighted by Gasteiger charge is -2.28. The van der Waals surface area contributed by atoms with E-state index in [1.165, 1.54) is 11.1 Å². The second-order valence-corrected chi connectivity index (χ2v) is 9.03. The van der Waals surface area contributed by atoms with Crippen LogP contribution < -0.4 is 14.8 Å². The van der Waals surface area contributed by atoms with Gasteiger partial charge in [0.2, 0.25) is 0 Å². The van der Waals surface area contributed by atoms with Gasteiger partial charge in [0, 0.05) is 12.1 Å². The Labute approximate surface area is 169 Å². The molecule has 0 aromatic heterocycles. The quantitative estimate of drug-likeness (QED) is 0.674. The summed E-state index contributed by atoms with van der Waals surface area (Å²) >= 11 is 0. The topological polar surface area (TPSA) is 50.7 Å². The highest BCUT2D eigenvalue weighted by Crippen LogP contribution is 2.24. The normalized spacial score (nSPS) is 13.2. The zero-order chi connectivity index (χ0) is 20.8. The number of rotatable bonds is 9. The molecule has 0 heterocycles. The van der Waals surface area contributed by atoms with E-state index in [0.29, 0.717) is 6.54 Å². The van der Waals surface area contributed by atoms with Crippen molar-refractivity contribution in [3.8, 4) is 11.5 Å². The first-order chi connectivity index (χ1) is 13.1. The van der Waals surface area contributed by atoms with Crippen molar-refractivity contribution in [3.05, 3.63) is 59.7 Å². The van der Waals surface area contributed by atoms with E-state index in [1.807, 2.05) is 24.3 Å². The van der Waals surface area contributed by atoms with Crippen molar-refractivity contribution < 1.29 is 14.6 Å². The van der Waals surface area contributed by atoms with Crippen LogP contribution in [0.25, 0.3) is 0 Å². The molecule has 4 heteroatoms. The average Bonchev–Trinajstić information content (AvgIpc) is 2.65. The lowest BCUT2D eigenvalue weighted by molar-refractivity contribution is 0.0988. The zero-order valence-corrected chi connectivity index (χ0v) is 18.1. The van der Waals surface area contributed by atoms with Crippen molar-refractivity contribution in [2.45, 2.75) is 58.1 Å². The largest absolute Gasteiger partial charge is 0.497 e. The summed E-state index contributed by atoms with van der Waals surface area (Å²) in [4.78, 5) is 0. The van der Waals surface area contributed by atoms with Gasteiger partial charge in [0.1, 0.15) is 24.2 Å². The lowest BCUT2D eigenvalue weighted by Crippen LogP contribution is -2.46. The molecular formula is C24H35NO3. The number of hydrogen-bond acceptors (Lipinski definition) is 4. The second-order valence-electron chi connectivity index (χ2n) is 9.03. The van der Waals surface area contributed by atoms with Crippen molar-refractivity contribution >= 4 is 0 Å². The Morgan fingerprint density at radius 2 is 1.46 bits per heavy atom. The van der Waals surface area contributed by atoms with Gasteiger partial charge in [-0.25, -0.2) is 0 Å². The summed E-state index contributed by atoms with van der Waals surface area (Å²) in [6.45, 7) is 11.6. The molecule has 0 saturated carbocycles. The van der Waals surface area contributed by atoms with Crippen LogP contribution in [-0.2, 0) is 11.8 Å². The maximum absolute atomic E-state index is 10.3. The van der Waals surface area contributed by atoms with E-state index >= 15 is 0 Å². The summed E-state index contributed by atoms with van der Waals surface area (Å²) < 4.78 is 10.9. The smallest absolute Gasteiger partial charge is 0.119 e. The predicted molar refractivity (Wildman–Crippen MR) is 115 cm³/mol. The van der Waals surface area contributed by atoms with Gasteiger partial charge in [0.05, 0.1) is 7.11 Å². The number of β-amino-alcohol motifs (C(OH)–C–C–N with tert-alkyl or cyclic N) is 1. The van der Waals surface area contributed by atoms with Crippen LogP contribution in [0.3, 0.4) is 0 Å². The molecule has 2 rings (SSSR count). The van der Waals surface area contributed by atoms with Crippen molar-refractivity contribution in [2.75, 3.05) is 20.3 Å². The second kappa shape index (κ2) is 9.44. The Kier molecular flexibility index (Phi) is 7.50. The molecule has 0 radical (unpaired) electrons. The molecule has 1 unspecified atom stereocenters. The summed E-state index contributed by atoms with van der Waals surface area (Å²) in [5.74, 6) is 1.64. The fraction of sp³-hybridized carbons (Fsp3) is 0.500. The van der Waals surface area contributed by atoms with Crippen LogP contribution in [0.1, 0.15) is 45.7 Å². The molecule has 154 valence electrons. The van der Waals surface area contributed by atoms with Crippen LogP contribution in [0.15, 0.2) is 48.5 Å². The van der Waals surface area contributed by atoms with Gasteiger partial charge < -0.3 is 19.9 Å². The molecule has 2 aromatic carbocycles. The van der Waals surface area contributed by atoms with Gasteiger partial charge in [0.25, 0.3) is 0 Å². The number of aliphatic hydroxyl groups is 1. The van der Waals surface area contributed by atoms with Gasteiger partial charge in [-0.15, -0.1) is 0 Å². The highest BCUT2D eigenvalue weighted by Gasteiger charge is 2.20. The standard InChI is InChI=1S/C24H35NO3/c1-23(2,3)19-9-13-22(14-10-19)28-17-20(26)16-25-24(4,5)15-18-7-11-21(27-6)12-8-18/h7-14,20,25-26H,15-17H2,1-6H3. The molecule has 0 aliphatic carbocycles. The first-order valence-electron chi connectivity index (χ1n) is 9.88. The minimum atomic E-state index is -0.572. The SMILES string of the molecule is COc1ccc(CC(C)(C)NCC(O)COc2ccc(C(C)(C)C)cc2)cc1. The van der Waals surface area contributed by atoms with Gasteiger partial charge in [-0.2, -0.15) is 0 Å². The third-order valence-electron chi connectivity index (χ3n) is 4.78. The highest BCUT2D eigenvalue weighted by atomic mass is 16.5. The molecule has 28 heavy (non-hydrogen) atoms. The van der Waals surface area contributed by atoms with Gasteiger partial charge in [-0.3, -0.25) is 0 Å². The molecule has 2 N–H and O–H groups in total. The van der Waals surface area contributed by atoms with E-state index in [0.717, 1.165) is 17.9 Å². The summed E-state index contributed by atoms with van der Waals surface area (Å²) in [7, 11) is 1.67. The van der Waals surface area contributed by atoms with E-state index in [4.69, 9.17) is 9.47 Å². The van der Waals surface area contributed by atoms with E-state index < -0.39 is 6.10 Å². The van der Waals surface area contributed by atoms with Gasteiger partial charge >= 0.3 is 0 Å². The number of hydrogen-bond donors (Lipinski definition) is 2. The maximum atomic E-state index is 10.3. The Hall–Kier alpha value is -2.04. The molecular weight excluding hydrogens is 350 g/mol. The highest BCUT2D eigenvalue weighted by molar-refractivity contribution is 5.31. The van der Waals surface area contributed by atoms with Crippen LogP contribution in [-0.4, -0.2) is 37.0 Å². The van der Waals surface area contributed by atoms with Crippen LogP contribution in [0.4, 0.5) is 0 Å². The third kappa shape index (κ3) is 7.17. The first-order valence-corrected chi connectivity index (χ1v) is 9.88. The third-order valence-corrected chi connectivity index (χ3v) is 4.78. The monoisotopic (exact) mass is 385 g/mol. The Morgan fingerprint density at radius 3 is 2.00 bits per heavy atom. The minimum absolute atomic E-state index is 0.122.